The molecular formula is C23H32N3O3+. The maximum Gasteiger partial charge on any atom is 0.282 e. The minimum absolute atomic E-state index is 0.0234. The number of ether oxygens (including phenoxy) is 2. The average Bonchev–Trinajstić information content (AvgIpc) is 2.75. The van der Waals surface area contributed by atoms with Crippen LogP contribution in [0.3, 0.4) is 0 Å². The van der Waals surface area contributed by atoms with Gasteiger partial charge >= 0.3 is 0 Å². The predicted molar refractivity (Wildman–Crippen MR) is 116 cm³/mol. The Hall–Kier alpha value is -2.73. The largest absolute Gasteiger partial charge is 0.492 e. The quantitative estimate of drug-likeness (QED) is 0.716. The normalized spacial score (nSPS) is 15.6. The summed E-state index contributed by atoms with van der Waals surface area (Å²) < 4.78 is 11.4. The smallest absolute Gasteiger partial charge is 0.282 e. The fraction of sp³-hybridized carbons (Fsp3) is 0.435. The second kappa shape index (κ2) is 10.2. The number of quaternary nitrogens is 1. The molecule has 29 heavy (non-hydrogen) atoms. The zero-order valence-electron chi connectivity index (χ0n) is 17.6. The molecule has 1 fully saturated rings. The van der Waals surface area contributed by atoms with Crippen molar-refractivity contribution in [3.05, 3.63) is 48.5 Å². The van der Waals surface area contributed by atoms with E-state index in [1.165, 1.54) is 4.90 Å². The molecule has 1 amide bonds. The van der Waals surface area contributed by atoms with Gasteiger partial charge in [-0.1, -0.05) is 24.3 Å². The summed E-state index contributed by atoms with van der Waals surface area (Å²) in [6.07, 6.45) is 0. The molecule has 1 atom stereocenters. The van der Waals surface area contributed by atoms with Crippen LogP contribution in [0.15, 0.2) is 48.5 Å². The maximum absolute atomic E-state index is 12.8. The predicted octanol–water partition coefficient (Wildman–Crippen LogP) is 2.22. The lowest BCUT2D eigenvalue weighted by Crippen LogP contribution is -3.19. The van der Waals surface area contributed by atoms with E-state index in [0.29, 0.717) is 19.0 Å². The highest BCUT2D eigenvalue weighted by Gasteiger charge is 2.30. The summed E-state index contributed by atoms with van der Waals surface area (Å²) in [6, 6.07) is 15.6. The van der Waals surface area contributed by atoms with E-state index in [1.54, 1.807) is 0 Å². The molecule has 156 valence electrons. The number of piperazine rings is 1. The van der Waals surface area contributed by atoms with E-state index in [2.05, 4.69) is 16.3 Å². The van der Waals surface area contributed by atoms with Crippen LogP contribution in [0.5, 0.6) is 11.5 Å². The number of rotatable bonds is 8. The Kier molecular flexibility index (Phi) is 7.36. The zero-order chi connectivity index (χ0) is 20.6. The van der Waals surface area contributed by atoms with Crippen molar-refractivity contribution in [2.24, 2.45) is 0 Å². The topological polar surface area (TPSA) is 55.2 Å². The van der Waals surface area contributed by atoms with Crippen LogP contribution in [0.25, 0.3) is 0 Å². The van der Waals surface area contributed by atoms with Gasteiger partial charge in [-0.3, -0.25) is 4.79 Å². The van der Waals surface area contributed by atoms with E-state index < -0.39 is 0 Å². The fourth-order valence-corrected chi connectivity index (χ4v) is 3.74. The molecule has 1 aliphatic rings. The highest BCUT2D eigenvalue weighted by Crippen LogP contribution is 2.28. The van der Waals surface area contributed by atoms with Gasteiger partial charge in [0.2, 0.25) is 0 Å². The first-order valence-corrected chi connectivity index (χ1v) is 10.5. The lowest BCUT2D eigenvalue weighted by molar-refractivity contribution is -0.914. The minimum atomic E-state index is -0.131. The number of para-hydroxylation sites is 4. The maximum atomic E-state index is 12.8. The second-order valence-electron chi connectivity index (χ2n) is 7.19. The van der Waals surface area contributed by atoms with Crippen molar-refractivity contribution in [3.63, 3.8) is 0 Å². The van der Waals surface area contributed by atoms with E-state index in [1.807, 2.05) is 63.2 Å². The van der Waals surface area contributed by atoms with Crippen molar-refractivity contribution in [1.29, 1.82) is 0 Å². The molecule has 0 saturated carbocycles. The number of nitrogens with one attached hydrogen (secondary N) is 2. The van der Waals surface area contributed by atoms with Gasteiger partial charge in [-0.15, -0.1) is 0 Å². The molecule has 0 aromatic heterocycles. The molecule has 1 saturated heterocycles. The molecule has 3 rings (SSSR count). The molecule has 0 unspecified atom stereocenters. The first kappa shape index (κ1) is 21.0. The third-order valence-corrected chi connectivity index (χ3v) is 5.36. The Labute approximate surface area is 173 Å². The van der Waals surface area contributed by atoms with Gasteiger partial charge in [0.05, 0.1) is 50.8 Å². The van der Waals surface area contributed by atoms with Crippen molar-refractivity contribution in [2.75, 3.05) is 49.6 Å². The number of anilines is 2. The summed E-state index contributed by atoms with van der Waals surface area (Å²) in [4.78, 5) is 16.5. The molecule has 2 N–H and O–H groups in total. The van der Waals surface area contributed by atoms with E-state index >= 15 is 0 Å². The van der Waals surface area contributed by atoms with Crippen molar-refractivity contribution in [2.45, 2.75) is 26.8 Å². The van der Waals surface area contributed by atoms with Gasteiger partial charge in [0.25, 0.3) is 5.91 Å². The first-order valence-electron chi connectivity index (χ1n) is 10.5. The van der Waals surface area contributed by atoms with Crippen molar-refractivity contribution >= 4 is 17.3 Å². The van der Waals surface area contributed by atoms with Gasteiger partial charge in [-0.05, 0) is 45.0 Å². The van der Waals surface area contributed by atoms with Crippen LogP contribution in [-0.2, 0) is 4.79 Å². The second-order valence-corrected chi connectivity index (χ2v) is 7.19. The number of benzene rings is 2. The molecule has 2 aromatic rings. The molecule has 6 heteroatoms. The molecular weight excluding hydrogens is 366 g/mol. The Morgan fingerprint density at radius 2 is 1.59 bits per heavy atom. The van der Waals surface area contributed by atoms with E-state index in [9.17, 15) is 4.79 Å². The summed E-state index contributed by atoms with van der Waals surface area (Å²) in [7, 11) is 0. The van der Waals surface area contributed by atoms with E-state index in [4.69, 9.17) is 9.47 Å². The van der Waals surface area contributed by atoms with Gasteiger partial charge in [-0.25, -0.2) is 0 Å². The Morgan fingerprint density at radius 1 is 1.00 bits per heavy atom. The van der Waals surface area contributed by atoms with Gasteiger partial charge in [0, 0.05) is 0 Å². The Balaban J connectivity index is 1.59. The van der Waals surface area contributed by atoms with Crippen molar-refractivity contribution in [1.82, 2.24) is 0 Å². The third kappa shape index (κ3) is 5.21. The van der Waals surface area contributed by atoms with Crippen LogP contribution in [0, 0.1) is 0 Å². The molecule has 0 spiro atoms. The molecule has 1 aliphatic heterocycles. The summed E-state index contributed by atoms with van der Waals surface area (Å²) in [5, 5.41) is 3.04. The van der Waals surface area contributed by atoms with Crippen LogP contribution >= 0.6 is 0 Å². The van der Waals surface area contributed by atoms with Crippen LogP contribution in [0.4, 0.5) is 11.4 Å². The van der Waals surface area contributed by atoms with Gasteiger partial charge in [0.15, 0.2) is 6.04 Å². The van der Waals surface area contributed by atoms with E-state index in [0.717, 1.165) is 43.3 Å². The molecule has 0 aliphatic carbocycles. The van der Waals surface area contributed by atoms with Crippen LogP contribution < -0.4 is 24.6 Å². The number of amides is 1. The molecule has 1 heterocycles. The average molecular weight is 399 g/mol. The zero-order valence-corrected chi connectivity index (χ0v) is 17.6. The summed E-state index contributed by atoms with van der Waals surface area (Å²) in [5.74, 6) is 1.66. The Morgan fingerprint density at radius 3 is 2.28 bits per heavy atom. The number of hydrogen-bond donors (Lipinski definition) is 2. The van der Waals surface area contributed by atoms with Crippen molar-refractivity contribution < 1.29 is 19.2 Å². The van der Waals surface area contributed by atoms with Gasteiger partial charge in [0.1, 0.15) is 11.5 Å². The van der Waals surface area contributed by atoms with Crippen molar-refractivity contribution in [3.8, 4) is 11.5 Å². The molecule has 0 radical (unpaired) electrons. The monoisotopic (exact) mass is 398 g/mol. The minimum Gasteiger partial charge on any atom is -0.492 e. The summed E-state index contributed by atoms with van der Waals surface area (Å²) >= 11 is 0. The summed E-state index contributed by atoms with van der Waals surface area (Å²) in [6.45, 7) is 10.8. The van der Waals surface area contributed by atoms with Gasteiger partial charge < -0.3 is 24.6 Å². The Bertz CT molecular complexity index is 803. The fourth-order valence-electron chi connectivity index (χ4n) is 3.74. The first-order chi connectivity index (χ1) is 14.1. The highest BCUT2D eigenvalue weighted by molar-refractivity contribution is 5.94. The number of carbonyl (C=O) groups excluding carboxylic acids is 1. The highest BCUT2D eigenvalue weighted by atomic mass is 16.5. The SMILES string of the molecule is CCOc1ccccc1NC(=O)[C@@H](C)[NH+]1CCN(c2ccccc2OCC)CC1. The third-order valence-electron chi connectivity index (χ3n) is 5.36. The van der Waals surface area contributed by atoms with E-state index in [-0.39, 0.29) is 11.9 Å². The lowest BCUT2D eigenvalue weighted by atomic mass is 10.2. The standard InChI is InChI=1S/C23H31N3O3/c1-4-28-21-12-8-6-10-19(21)24-23(27)18(3)25-14-16-26(17-15-25)20-11-7-9-13-22(20)29-5-2/h6-13,18H,4-5,14-17H2,1-3H3,(H,24,27)/p+1/t18-/m1/s1. The van der Waals surface area contributed by atoms with Crippen LogP contribution in [0.2, 0.25) is 0 Å². The molecule has 0 bridgehead atoms. The van der Waals surface area contributed by atoms with Gasteiger partial charge in [-0.2, -0.15) is 0 Å². The number of carbonyl (C=O) groups is 1. The number of nitrogens with zero attached hydrogens (tertiary/aromatic N) is 1. The number of hydrogen-bond acceptors (Lipinski definition) is 4. The summed E-state index contributed by atoms with van der Waals surface area (Å²) in [5.41, 5.74) is 1.87. The molecule has 2 aromatic carbocycles. The van der Waals surface area contributed by atoms with Crippen LogP contribution in [0.1, 0.15) is 20.8 Å². The molecule has 6 nitrogen and oxygen atoms in total. The lowest BCUT2D eigenvalue weighted by Gasteiger charge is -2.36. The van der Waals surface area contributed by atoms with Crippen LogP contribution in [-0.4, -0.2) is 51.3 Å².